The van der Waals surface area contributed by atoms with Crippen LogP contribution in [0.5, 0.6) is 0 Å². The van der Waals surface area contributed by atoms with Gasteiger partial charge < -0.3 is 27.9 Å². The Morgan fingerprint density at radius 1 is 0.340 bits per heavy atom. The smallest absolute Gasteiger partial charge is 0.306 e. The van der Waals surface area contributed by atoms with Crippen molar-refractivity contribution in [1.82, 2.24) is 0 Å². The zero-order valence-corrected chi connectivity index (χ0v) is 62.0. The number of esters is 2. The third-order valence-corrected chi connectivity index (χ3v) is 17.0. The van der Waals surface area contributed by atoms with E-state index in [1.807, 2.05) is 21.1 Å². The fourth-order valence-electron chi connectivity index (χ4n) is 10.2. The molecule has 94 heavy (non-hydrogen) atoms. The van der Waals surface area contributed by atoms with Gasteiger partial charge in [0.2, 0.25) is 0 Å². The van der Waals surface area contributed by atoms with Gasteiger partial charge in [0.05, 0.1) is 27.7 Å². The number of phosphoric acid groups is 1. The molecule has 0 aliphatic heterocycles. The van der Waals surface area contributed by atoms with Crippen molar-refractivity contribution in [3.8, 4) is 0 Å². The second-order valence-electron chi connectivity index (χ2n) is 26.3. The summed E-state index contributed by atoms with van der Waals surface area (Å²) >= 11 is 0. The topological polar surface area (TPSA) is 111 Å². The molecular formula is C84H142NO8P. The predicted octanol–water partition coefficient (Wildman–Crippen LogP) is 24.9. The van der Waals surface area contributed by atoms with E-state index in [4.69, 9.17) is 18.5 Å². The first kappa shape index (κ1) is 89.6. The average molecular weight is 1330 g/mol. The average Bonchev–Trinajstić information content (AvgIpc) is 1.56. The summed E-state index contributed by atoms with van der Waals surface area (Å²) in [4.78, 5) is 38.1. The van der Waals surface area contributed by atoms with E-state index in [1.54, 1.807) is 0 Å². The minimum atomic E-state index is -4.67. The van der Waals surface area contributed by atoms with Gasteiger partial charge in [-0.25, -0.2) is 0 Å². The monoisotopic (exact) mass is 1320 g/mol. The lowest BCUT2D eigenvalue weighted by Gasteiger charge is -2.28. The van der Waals surface area contributed by atoms with Crippen molar-refractivity contribution in [2.45, 2.75) is 315 Å². The Balaban J connectivity index is 4.14. The number of rotatable bonds is 69. The molecule has 0 spiro atoms. The maximum absolute atomic E-state index is 12.9. The summed E-state index contributed by atoms with van der Waals surface area (Å²) in [6, 6.07) is 0. The van der Waals surface area contributed by atoms with Gasteiger partial charge in [0, 0.05) is 12.8 Å². The molecule has 0 aromatic rings. The van der Waals surface area contributed by atoms with Gasteiger partial charge in [-0.3, -0.25) is 14.2 Å². The summed E-state index contributed by atoms with van der Waals surface area (Å²) < 4.78 is 34.3. The summed E-state index contributed by atoms with van der Waals surface area (Å²) in [7, 11) is 1.13. The second-order valence-corrected chi connectivity index (χ2v) is 27.7. The maximum atomic E-state index is 12.9. The molecule has 9 nitrogen and oxygen atoms in total. The van der Waals surface area contributed by atoms with E-state index in [0.29, 0.717) is 17.4 Å². The number of quaternary nitrogens is 1. The summed E-state index contributed by atoms with van der Waals surface area (Å²) in [6.07, 6.45) is 109. The Kier molecular flexibility index (Phi) is 69.5. The van der Waals surface area contributed by atoms with Crippen molar-refractivity contribution in [3.63, 3.8) is 0 Å². The highest BCUT2D eigenvalue weighted by atomic mass is 31.2. The van der Waals surface area contributed by atoms with Crippen molar-refractivity contribution >= 4 is 19.8 Å². The molecule has 536 valence electrons. The van der Waals surface area contributed by atoms with Crippen molar-refractivity contribution in [2.75, 3.05) is 47.5 Å². The molecule has 0 aromatic heterocycles. The molecule has 0 saturated carbocycles. The zero-order chi connectivity index (χ0) is 68.3. The van der Waals surface area contributed by atoms with Crippen molar-refractivity contribution < 1.29 is 42.1 Å². The number of allylic oxidation sites excluding steroid dienone is 26. The minimum Gasteiger partial charge on any atom is -0.756 e. The van der Waals surface area contributed by atoms with Crippen molar-refractivity contribution in [2.24, 2.45) is 0 Å². The Bertz CT molecular complexity index is 2150. The number of carbonyl (C=O) groups is 2. The Hall–Kier alpha value is -4.37. The van der Waals surface area contributed by atoms with E-state index < -0.39 is 32.5 Å². The van der Waals surface area contributed by atoms with Gasteiger partial charge in [-0.05, 0) is 128 Å². The first-order valence-corrected chi connectivity index (χ1v) is 39.7. The molecule has 2 unspecified atom stereocenters. The summed E-state index contributed by atoms with van der Waals surface area (Å²) in [6.45, 7) is 4.09. The first-order chi connectivity index (χ1) is 46.0. The van der Waals surface area contributed by atoms with Crippen LogP contribution in [0.2, 0.25) is 0 Å². The molecule has 0 rings (SSSR count). The maximum Gasteiger partial charge on any atom is 0.306 e. The Labute approximate surface area is 579 Å². The number of hydrogen-bond donors (Lipinski definition) is 0. The number of ether oxygens (including phenoxy) is 2. The molecule has 2 atom stereocenters. The van der Waals surface area contributed by atoms with Gasteiger partial charge in [0.25, 0.3) is 7.82 Å². The third-order valence-electron chi connectivity index (χ3n) is 16.0. The predicted molar refractivity (Wildman–Crippen MR) is 406 cm³/mol. The van der Waals surface area contributed by atoms with Gasteiger partial charge in [-0.15, -0.1) is 0 Å². The zero-order valence-electron chi connectivity index (χ0n) is 61.1. The van der Waals surface area contributed by atoms with Gasteiger partial charge in [0.15, 0.2) is 6.10 Å². The van der Waals surface area contributed by atoms with Crippen LogP contribution in [0.15, 0.2) is 158 Å². The highest BCUT2D eigenvalue weighted by molar-refractivity contribution is 7.45. The Morgan fingerprint density at radius 2 is 0.606 bits per heavy atom. The lowest BCUT2D eigenvalue weighted by Crippen LogP contribution is -2.37. The number of phosphoric ester groups is 1. The highest BCUT2D eigenvalue weighted by Gasteiger charge is 2.22. The quantitative estimate of drug-likeness (QED) is 0.0195. The van der Waals surface area contributed by atoms with Gasteiger partial charge in [0.1, 0.15) is 19.8 Å². The van der Waals surface area contributed by atoms with E-state index in [-0.39, 0.29) is 26.1 Å². The molecule has 0 aliphatic rings. The van der Waals surface area contributed by atoms with E-state index >= 15 is 0 Å². The molecule has 0 N–H and O–H groups in total. The fraction of sp³-hybridized carbons (Fsp3) is 0.667. The van der Waals surface area contributed by atoms with Crippen LogP contribution in [-0.4, -0.2) is 70.0 Å². The summed E-state index contributed by atoms with van der Waals surface area (Å²) in [5.74, 6) is -0.885. The molecule has 0 aliphatic carbocycles. The van der Waals surface area contributed by atoms with Crippen molar-refractivity contribution in [1.29, 1.82) is 0 Å². The molecule has 10 heteroatoms. The largest absolute Gasteiger partial charge is 0.756 e. The van der Waals surface area contributed by atoms with Crippen LogP contribution in [0, 0.1) is 0 Å². The number of likely N-dealkylation sites (N-methyl/N-ethyl adjacent to an activating group) is 1. The second kappa shape index (κ2) is 72.9. The number of carbonyl (C=O) groups excluding carboxylic acids is 2. The molecular weight excluding hydrogens is 1180 g/mol. The SMILES string of the molecule is CC/C=C\C/C=C\C/C=C\C/C=C\C/C=C\C/C=C\C/C=C\C/C=C\C/C=C\C/C=C\C/C=C\C/C=C\CCCCC(=O)OC(COC(=O)CCCCCCCCCCCCCCCCCCCCC/C=C\CCCCCCCCCC)COP(=O)([O-])OCC[N+](C)(C)C. The fourth-order valence-corrected chi connectivity index (χ4v) is 11.0. The van der Waals surface area contributed by atoms with Gasteiger partial charge >= 0.3 is 11.9 Å². The molecule has 0 aromatic carbocycles. The van der Waals surface area contributed by atoms with E-state index in [0.717, 1.165) is 109 Å². The van der Waals surface area contributed by atoms with Gasteiger partial charge in [-0.2, -0.15) is 0 Å². The molecule has 0 saturated heterocycles. The van der Waals surface area contributed by atoms with Crippen LogP contribution in [0.4, 0.5) is 0 Å². The number of hydrogen-bond acceptors (Lipinski definition) is 8. The van der Waals surface area contributed by atoms with Crippen molar-refractivity contribution in [3.05, 3.63) is 158 Å². The molecule has 0 heterocycles. The van der Waals surface area contributed by atoms with Crippen LogP contribution in [0.3, 0.4) is 0 Å². The standard InChI is InChI=1S/C84H142NO8P/c1-6-8-10-12-14-16-18-20-22-24-26-28-30-32-34-36-38-39-40-41-42-43-44-45-47-49-51-53-55-57-59-61-63-65-67-69-71-73-75-77-84(87)93-82(81-92-94(88,89)91-79-78-85(3,4)5)80-90-83(86)76-74-72-70-68-66-64-62-60-58-56-54-52-50-48-46-37-35-33-31-29-27-25-23-21-19-17-15-13-11-9-7-2/h8,10,14,16,20,22,25-28,32,34,38-39,41-42,44-45,49,51,55,57,61,63,67,69,82H,6-7,9,11-13,15,17-19,21,23-24,29-31,33,35-37,40,43,46-48,50,52-54,56,58-60,62,64-66,68,70-81H2,1-5H3/b10-8-,16-14-,22-20-,27-25-,28-26-,34-32-,39-38-,42-41-,45-44-,51-49-,57-55-,63-61-,69-67-. The number of unbranched alkanes of at least 4 members (excludes halogenated alkanes) is 29. The van der Waals surface area contributed by atoms with E-state index in [2.05, 4.69) is 172 Å². The lowest BCUT2D eigenvalue weighted by atomic mass is 10.0. The van der Waals surface area contributed by atoms with Crippen LogP contribution in [0.1, 0.15) is 309 Å². The normalized spacial score (nSPS) is 14.0. The molecule has 0 bridgehead atoms. The van der Waals surface area contributed by atoms with E-state index in [1.165, 1.54) is 167 Å². The van der Waals surface area contributed by atoms with Crippen LogP contribution in [-0.2, 0) is 32.7 Å². The third kappa shape index (κ3) is 76.6. The summed E-state index contributed by atoms with van der Waals surface area (Å²) in [5.41, 5.74) is 0. The highest BCUT2D eigenvalue weighted by Crippen LogP contribution is 2.38. The van der Waals surface area contributed by atoms with Crippen LogP contribution in [0.25, 0.3) is 0 Å². The van der Waals surface area contributed by atoms with Crippen LogP contribution < -0.4 is 4.89 Å². The lowest BCUT2D eigenvalue weighted by molar-refractivity contribution is -0.870. The summed E-state index contributed by atoms with van der Waals surface area (Å²) in [5, 5.41) is 0. The number of nitrogens with zero attached hydrogens (tertiary/aromatic N) is 1. The Morgan fingerprint density at radius 3 is 0.936 bits per heavy atom. The van der Waals surface area contributed by atoms with Crippen LogP contribution >= 0.6 is 7.82 Å². The molecule has 0 radical (unpaired) electrons. The first-order valence-electron chi connectivity index (χ1n) is 38.2. The molecule has 0 amide bonds. The molecule has 0 fully saturated rings. The van der Waals surface area contributed by atoms with E-state index in [9.17, 15) is 19.0 Å². The minimum absolute atomic E-state index is 0.0463. The van der Waals surface area contributed by atoms with Gasteiger partial charge in [-0.1, -0.05) is 326 Å².